The second-order valence-corrected chi connectivity index (χ2v) is 3.99. The average molecular weight is 236 g/mol. The molecule has 0 bridgehead atoms. The van der Waals surface area contributed by atoms with Crippen LogP contribution >= 0.6 is 0 Å². The van der Waals surface area contributed by atoms with Crippen LogP contribution in [-0.2, 0) is 4.79 Å². The monoisotopic (exact) mass is 236 g/mol. The first-order valence-corrected chi connectivity index (χ1v) is 5.47. The molecule has 0 saturated carbocycles. The SMILES string of the molecule is COc1cc(OC)c2c(c1)C(N)CCC(=O)N2. The van der Waals surface area contributed by atoms with Crippen molar-refractivity contribution >= 4 is 11.6 Å². The molecule has 1 aromatic rings. The third-order valence-corrected chi connectivity index (χ3v) is 2.91. The Bertz CT molecular complexity index is 446. The Labute approximate surface area is 99.9 Å². The molecule has 1 heterocycles. The number of carbonyl (C=O) groups excluding carboxylic acids is 1. The summed E-state index contributed by atoms with van der Waals surface area (Å²) in [5, 5.41) is 2.82. The Morgan fingerprint density at radius 1 is 1.35 bits per heavy atom. The van der Waals surface area contributed by atoms with Gasteiger partial charge in [0.25, 0.3) is 0 Å². The molecule has 0 saturated heterocycles. The van der Waals surface area contributed by atoms with Crippen molar-refractivity contribution in [3.05, 3.63) is 17.7 Å². The number of anilines is 1. The van der Waals surface area contributed by atoms with E-state index in [1.54, 1.807) is 20.3 Å². The number of carbonyl (C=O) groups is 1. The fourth-order valence-electron chi connectivity index (χ4n) is 1.96. The molecule has 1 unspecified atom stereocenters. The Balaban J connectivity index is 2.56. The summed E-state index contributed by atoms with van der Waals surface area (Å²) in [6.07, 6.45) is 1.04. The number of ether oxygens (including phenoxy) is 2. The predicted octanol–water partition coefficient (Wildman–Crippen LogP) is 1.44. The second-order valence-electron chi connectivity index (χ2n) is 3.99. The summed E-state index contributed by atoms with van der Waals surface area (Å²) >= 11 is 0. The Kier molecular flexibility index (Phi) is 3.19. The van der Waals surface area contributed by atoms with E-state index in [0.717, 1.165) is 5.56 Å². The number of nitrogens with one attached hydrogen (secondary N) is 1. The minimum atomic E-state index is -0.187. The third-order valence-electron chi connectivity index (χ3n) is 2.91. The van der Waals surface area contributed by atoms with Crippen molar-refractivity contribution in [2.24, 2.45) is 5.73 Å². The Morgan fingerprint density at radius 2 is 2.12 bits per heavy atom. The highest BCUT2D eigenvalue weighted by molar-refractivity contribution is 5.94. The number of amides is 1. The number of hydrogen-bond acceptors (Lipinski definition) is 4. The Hall–Kier alpha value is -1.75. The van der Waals surface area contributed by atoms with Crippen molar-refractivity contribution in [2.75, 3.05) is 19.5 Å². The van der Waals surface area contributed by atoms with E-state index in [2.05, 4.69) is 5.32 Å². The largest absolute Gasteiger partial charge is 0.497 e. The summed E-state index contributed by atoms with van der Waals surface area (Å²) < 4.78 is 10.4. The summed E-state index contributed by atoms with van der Waals surface area (Å²) in [5.41, 5.74) is 7.56. The standard InChI is InChI=1S/C12H16N2O3/c1-16-7-5-8-9(13)3-4-11(15)14-12(8)10(6-7)17-2/h5-6,9H,3-4,13H2,1-2H3,(H,14,15). The zero-order chi connectivity index (χ0) is 12.4. The van der Waals surface area contributed by atoms with Crippen LogP contribution in [0, 0.1) is 0 Å². The van der Waals surface area contributed by atoms with Gasteiger partial charge in [0.1, 0.15) is 11.5 Å². The molecule has 17 heavy (non-hydrogen) atoms. The topological polar surface area (TPSA) is 73.6 Å². The summed E-state index contributed by atoms with van der Waals surface area (Å²) in [6, 6.07) is 3.39. The third kappa shape index (κ3) is 2.19. The molecule has 1 atom stereocenters. The van der Waals surface area contributed by atoms with Gasteiger partial charge < -0.3 is 20.5 Å². The maximum atomic E-state index is 11.6. The maximum Gasteiger partial charge on any atom is 0.224 e. The number of hydrogen-bond donors (Lipinski definition) is 2. The smallest absolute Gasteiger partial charge is 0.224 e. The first-order chi connectivity index (χ1) is 8.15. The molecule has 0 aromatic heterocycles. The summed E-state index contributed by atoms with van der Waals surface area (Å²) in [7, 11) is 3.14. The summed E-state index contributed by atoms with van der Waals surface area (Å²) in [5.74, 6) is 1.21. The molecule has 0 aliphatic carbocycles. The lowest BCUT2D eigenvalue weighted by Gasteiger charge is -2.16. The summed E-state index contributed by atoms with van der Waals surface area (Å²) in [6.45, 7) is 0. The lowest BCUT2D eigenvalue weighted by molar-refractivity contribution is -0.116. The minimum absolute atomic E-state index is 0.0392. The van der Waals surface area contributed by atoms with E-state index in [9.17, 15) is 4.79 Å². The lowest BCUT2D eigenvalue weighted by atomic mass is 10.0. The van der Waals surface area contributed by atoms with E-state index in [0.29, 0.717) is 30.0 Å². The zero-order valence-corrected chi connectivity index (χ0v) is 9.95. The van der Waals surface area contributed by atoms with Gasteiger partial charge in [0, 0.05) is 18.5 Å². The highest BCUT2D eigenvalue weighted by Gasteiger charge is 2.23. The van der Waals surface area contributed by atoms with E-state index in [1.165, 1.54) is 0 Å². The van der Waals surface area contributed by atoms with Gasteiger partial charge in [-0.2, -0.15) is 0 Å². The highest BCUT2D eigenvalue weighted by Crippen LogP contribution is 2.39. The normalized spacial score (nSPS) is 19.0. The van der Waals surface area contributed by atoms with Gasteiger partial charge in [-0.25, -0.2) is 0 Å². The number of nitrogens with two attached hydrogens (primary N) is 1. The molecule has 3 N–H and O–H groups in total. The van der Waals surface area contributed by atoms with Crippen molar-refractivity contribution in [1.29, 1.82) is 0 Å². The van der Waals surface area contributed by atoms with Crippen LogP contribution in [0.5, 0.6) is 11.5 Å². The van der Waals surface area contributed by atoms with Gasteiger partial charge in [-0.05, 0) is 18.1 Å². The van der Waals surface area contributed by atoms with E-state index in [4.69, 9.17) is 15.2 Å². The van der Waals surface area contributed by atoms with Crippen molar-refractivity contribution < 1.29 is 14.3 Å². The maximum absolute atomic E-state index is 11.6. The number of fused-ring (bicyclic) bond motifs is 1. The Morgan fingerprint density at radius 3 is 2.76 bits per heavy atom. The van der Waals surface area contributed by atoms with Crippen molar-refractivity contribution in [3.63, 3.8) is 0 Å². The molecule has 1 amide bonds. The molecule has 92 valence electrons. The van der Waals surface area contributed by atoms with Crippen LogP contribution in [0.2, 0.25) is 0 Å². The van der Waals surface area contributed by atoms with Crippen molar-refractivity contribution in [2.45, 2.75) is 18.9 Å². The van der Waals surface area contributed by atoms with Crippen LogP contribution in [0.3, 0.4) is 0 Å². The molecule has 5 nitrogen and oxygen atoms in total. The quantitative estimate of drug-likeness (QED) is 0.814. The second kappa shape index (κ2) is 4.63. The van der Waals surface area contributed by atoms with Gasteiger partial charge in [0.15, 0.2) is 0 Å². The van der Waals surface area contributed by atoms with Gasteiger partial charge in [-0.3, -0.25) is 4.79 Å². The van der Waals surface area contributed by atoms with E-state index < -0.39 is 0 Å². The van der Waals surface area contributed by atoms with Gasteiger partial charge >= 0.3 is 0 Å². The molecular weight excluding hydrogens is 220 g/mol. The van der Waals surface area contributed by atoms with Crippen LogP contribution in [0.25, 0.3) is 0 Å². The highest BCUT2D eigenvalue weighted by atomic mass is 16.5. The van der Waals surface area contributed by atoms with E-state index in [-0.39, 0.29) is 11.9 Å². The molecular formula is C12H16N2O3. The van der Waals surface area contributed by atoms with Gasteiger partial charge in [0.05, 0.1) is 19.9 Å². The fraction of sp³-hybridized carbons (Fsp3) is 0.417. The zero-order valence-electron chi connectivity index (χ0n) is 9.95. The molecule has 5 heteroatoms. The van der Waals surface area contributed by atoms with Crippen LogP contribution in [-0.4, -0.2) is 20.1 Å². The van der Waals surface area contributed by atoms with Crippen LogP contribution in [0.15, 0.2) is 12.1 Å². The average Bonchev–Trinajstić information content (AvgIpc) is 2.48. The molecule has 2 rings (SSSR count). The molecule has 1 aliphatic heterocycles. The fourth-order valence-corrected chi connectivity index (χ4v) is 1.96. The molecule has 1 aliphatic rings. The minimum Gasteiger partial charge on any atom is -0.497 e. The number of rotatable bonds is 2. The van der Waals surface area contributed by atoms with E-state index >= 15 is 0 Å². The van der Waals surface area contributed by atoms with Gasteiger partial charge in [-0.15, -0.1) is 0 Å². The van der Waals surface area contributed by atoms with Crippen molar-refractivity contribution in [3.8, 4) is 11.5 Å². The van der Waals surface area contributed by atoms with Crippen LogP contribution < -0.4 is 20.5 Å². The van der Waals surface area contributed by atoms with Crippen LogP contribution in [0.1, 0.15) is 24.4 Å². The molecule has 0 radical (unpaired) electrons. The van der Waals surface area contributed by atoms with Gasteiger partial charge in [-0.1, -0.05) is 0 Å². The first kappa shape index (κ1) is 11.7. The molecule has 1 aromatic carbocycles. The first-order valence-electron chi connectivity index (χ1n) is 5.47. The molecule has 0 spiro atoms. The van der Waals surface area contributed by atoms with Crippen molar-refractivity contribution in [1.82, 2.24) is 0 Å². The number of methoxy groups -OCH3 is 2. The predicted molar refractivity (Wildman–Crippen MR) is 64.3 cm³/mol. The van der Waals surface area contributed by atoms with Crippen LogP contribution in [0.4, 0.5) is 5.69 Å². The van der Waals surface area contributed by atoms with Gasteiger partial charge in [0.2, 0.25) is 5.91 Å². The molecule has 0 fully saturated rings. The van der Waals surface area contributed by atoms with E-state index in [1.807, 2.05) is 6.07 Å². The summed E-state index contributed by atoms with van der Waals surface area (Å²) in [4.78, 5) is 11.6. The number of benzene rings is 1. The lowest BCUT2D eigenvalue weighted by Crippen LogP contribution is -2.11.